The summed E-state index contributed by atoms with van der Waals surface area (Å²) in [5, 5.41) is 1.55. The van der Waals surface area contributed by atoms with Crippen LogP contribution in [0, 0.1) is 0 Å². The van der Waals surface area contributed by atoms with Crippen molar-refractivity contribution in [2.75, 3.05) is 31.1 Å². The second-order valence-corrected chi connectivity index (χ2v) is 10.3. The molecule has 4 heterocycles. The standard InChI is InChI=1S/C29H29ClN6O/c1-19(2)34-11-13-35(14-12-34)26-9-7-22(16-24(26)30)36-28-23-15-20(21-5-4-10-31-17-21)6-8-25(23)32-18-27(28)33(3)29(36)37/h4-10,15-19H,11-14H2,1-3H3. The smallest absolute Gasteiger partial charge is 0.333 e. The largest absolute Gasteiger partial charge is 0.368 e. The molecule has 6 rings (SSSR count). The zero-order valence-electron chi connectivity index (χ0n) is 21.2. The average Bonchev–Trinajstić information content (AvgIpc) is 3.19. The SMILES string of the molecule is CC(C)N1CCN(c2ccc(-n3c(=O)n(C)c4cnc5ccc(-c6cccnc6)cc5c43)cc2Cl)CC1. The highest BCUT2D eigenvalue weighted by atomic mass is 35.5. The van der Waals surface area contributed by atoms with Crippen LogP contribution in [0.5, 0.6) is 0 Å². The number of aryl methyl sites for hydroxylation is 1. The van der Waals surface area contributed by atoms with Crippen molar-refractivity contribution in [2.24, 2.45) is 7.05 Å². The van der Waals surface area contributed by atoms with E-state index in [1.165, 1.54) is 0 Å². The number of halogens is 1. The van der Waals surface area contributed by atoms with Gasteiger partial charge < -0.3 is 4.90 Å². The first-order valence-corrected chi connectivity index (χ1v) is 13.0. The van der Waals surface area contributed by atoms with Gasteiger partial charge in [0.05, 0.1) is 39.1 Å². The zero-order valence-corrected chi connectivity index (χ0v) is 22.0. The fourth-order valence-corrected chi connectivity index (χ4v) is 5.61. The molecule has 8 heteroatoms. The number of hydrogen-bond acceptors (Lipinski definition) is 5. The molecule has 1 aliphatic heterocycles. The minimum atomic E-state index is -0.134. The number of fused-ring (bicyclic) bond motifs is 3. The van der Waals surface area contributed by atoms with Crippen molar-refractivity contribution >= 4 is 39.2 Å². The van der Waals surface area contributed by atoms with Crippen molar-refractivity contribution < 1.29 is 0 Å². The lowest BCUT2D eigenvalue weighted by molar-refractivity contribution is 0.209. The van der Waals surface area contributed by atoms with Gasteiger partial charge in [-0.15, -0.1) is 0 Å². The Morgan fingerprint density at radius 1 is 0.946 bits per heavy atom. The maximum Gasteiger partial charge on any atom is 0.333 e. The lowest BCUT2D eigenvalue weighted by atomic mass is 10.0. The van der Waals surface area contributed by atoms with Crippen molar-refractivity contribution in [3.05, 3.63) is 82.6 Å². The van der Waals surface area contributed by atoms with E-state index in [-0.39, 0.29) is 5.69 Å². The van der Waals surface area contributed by atoms with Gasteiger partial charge in [0.25, 0.3) is 0 Å². The molecule has 188 valence electrons. The molecule has 1 fully saturated rings. The van der Waals surface area contributed by atoms with Crippen molar-refractivity contribution in [1.82, 2.24) is 24.0 Å². The van der Waals surface area contributed by atoms with Crippen LogP contribution in [0.2, 0.25) is 5.02 Å². The zero-order chi connectivity index (χ0) is 25.7. The molecule has 0 N–H and O–H groups in total. The van der Waals surface area contributed by atoms with E-state index in [4.69, 9.17) is 11.6 Å². The Kier molecular flexibility index (Phi) is 5.97. The highest BCUT2D eigenvalue weighted by molar-refractivity contribution is 6.33. The number of nitrogens with zero attached hydrogens (tertiary/aromatic N) is 6. The van der Waals surface area contributed by atoms with E-state index in [0.717, 1.165) is 70.6 Å². The summed E-state index contributed by atoms with van der Waals surface area (Å²) < 4.78 is 3.39. The minimum Gasteiger partial charge on any atom is -0.368 e. The second-order valence-electron chi connectivity index (χ2n) is 9.90. The van der Waals surface area contributed by atoms with Gasteiger partial charge >= 0.3 is 5.69 Å². The van der Waals surface area contributed by atoms with E-state index < -0.39 is 0 Å². The average molecular weight is 513 g/mol. The maximum atomic E-state index is 13.5. The third kappa shape index (κ3) is 4.08. The molecule has 1 aliphatic rings. The Morgan fingerprint density at radius 2 is 1.76 bits per heavy atom. The first-order valence-electron chi connectivity index (χ1n) is 12.6. The third-order valence-electron chi connectivity index (χ3n) is 7.45. The van der Waals surface area contributed by atoms with Crippen LogP contribution in [0.3, 0.4) is 0 Å². The van der Waals surface area contributed by atoms with E-state index in [0.29, 0.717) is 11.1 Å². The molecule has 5 aromatic rings. The monoisotopic (exact) mass is 512 g/mol. The summed E-state index contributed by atoms with van der Waals surface area (Å²) in [4.78, 5) is 27.2. The highest BCUT2D eigenvalue weighted by Gasteiger charge is 2.22. The van der Waals surface area contributed by atoms with Gasteiger partial charge in [-0.3, -0.25) is 24.0 Å². The predicted octanol–water partition coefficient (Wildman–Crippen LogP) is 5.12. The van der Waals surface area contributed by atoms with Gasteiger partial charge in [0.1, 0.15) is 0 Å². The molecule has 37 heavy (non-hydrogen) atoms. The van der Waals surface area contributed by atoms with E-state index in [1.54, 1.807) is 28.6 Å². The van der Waals surface area contributed by atoms with Gasteiger partial charge in [0.15, 0.2) is 0 Å². The number of rotatable bonds is 4. The molecule has 0 atom stereocenters. The maximum absolute atomic E-state index is 13.5. The molecule has 0 aliphatic carbocycles. The molecule has 0 spiro atoms. The number of benzene rings is 2. The van der Waals surface area contributed by atoms with Crippen LogP contribution in [0.25, 0.3) is 38.8 Å². The molecular formula is C29H29ClN6O. The first-order chi connectivity index (χ1) is 17.9. The van der Waals surface area contributed by atoms with Crippen LogP contribution in [-0.4, -0.2) is 56.2 Å². The number of anilines is 1. The van der Waals surface area contributed by atoms with Gasteiger partial charge in [-0.25, -0.2) is 4.79 Å². The third-order valence-corrected chi connectivity index (χ3v) is 7.76. The Bertz CT molecular complexity index is 1670. The van der Waals surface area contributed by atoms with Crippen molar-refractivity contribution in [3.8, 4) is 16.8 Å². The number of pyridine rings is 2. The normalized spacial score (nSPS) is 14.8. The van der Waals surface area contributed by atoms with Crippen LogP contribution >= 0.6 is 11.6 Å². The van der Waals surface area contributed by atoms with Gasteiger partial charge in [0.2, 0.25) is 0 Å². The van der Waals surface area contributed by atoms with Crippen LogP contribution in [0.4, 0.5) is 5.69 Å². The molecule has 2 aromatic carbocycles. The first kappa shape index (κ1) is 23.7. The quantitative estimate of drug-likeness (QED) is 0.334. The summed E-state index contributed by atoms with van der Waals surface area (Å²) in [7, 11) is 1.78. The molecular weight excluding hydrogens is 484 g/mol. The summed E-state index contributed by atoms with van der Waals surface area (Å²) in [6.07, 6.45) is 5.37. The summed E-state index contributed by atoms with van der Waals surface area (Å²) in [5.74, 6) is 0. The van der Waals surface area contributed by atoms with Gasteiger partial charge in [0, 0.05) is 62.6 Å². The fourth-order valence-electron chi connectivity index (χ4n) is 5.32. The summed E-state index contributed by atoms with van der Waals surface area (Å²) in [5.41, 5.74) is 6.05. The minimum absolute atomic E-state index is 0.134. The molecule has 1 saturated heterocycles. The number of hydrogen-bond donors (Lipinski definition) is 0. The Labute approximate surface area is 220 Å². The van der Waals surface area contributed by atoms with Gasteiger partial charge in [-0.05, 0) is 55.8 Å². The van der Waals surface area contributed by atoms with Gasteiger partial charge in [-0.1, -0.05) is 23.7 Å². The summed E-state index contributed by atoms with van der Waals surface area (Å²) >= 11 is 6.85. The van der Waals surface area contributed by atoms with Crippen LogP contribution in [-0.2, 0) is 7.05 Å². The predicted molar refractivity (Wildman–Crippen MR) is 151 cm³/mol. The summed E-state index contributed by atoms with van der Waals surface area (Å²) in [6, 6.07) is 16.5. The van der Waals surface area contributed by atoms with Crippen LogP contribution in [0.1, 0.15) is 13.8 Å². The Hall–Kier alpha value is -3.68. The second kappa shape index (κ2) is 9.32. The van der Waals surface area contributed by atoms with Gasteiger partial charge in [-0.2, -0.15) is 0 Å². The van der Waals surface area contributed by atoms with Crippen molar-refractivity contribution in [2.45, 2.75) is 19.9 Å². The molecule has 0 saturated carbocycles. The highest BCUT2D eigenvalue weighted by Crippen LogP contribution is 2.33. The molecule has 0 unspecified atom stereocenters. The lowest BCUT2D eigenvalue weighted by Crippen LogP contribution is -2.49. The van der Waals surface area contributed by atoms with Crippen LogP contribution in [0.15, 0.2) is 71.9 Å². The van der Waals surface area contributed by atoms with E-state index in [2.05, 4.69) is 39.7 Å². The lowest BCUT2D eigenvalue weighted by Gasteiger charge is -2.38. The topological polar surface area (TPSA) is 59.2 Å². The fraction of sp³-hybridized carbons (Fsp3) is 0.276. The molecule has 0 amide bonds. The van der Waals surface area contributed by atoms with E-state index in [9.17, 15) is 4.79 Å². The molecule has 7 nitrogen and oxygen atoms in total. The van der Waals surface area contributed by atoms with E-state index >= 15 is 0 Å². The number of aromatic nitrogens is 4. The van der Waals surface area contributed by atoms with Crippen LogP contribution < -0.4 is 10.6 Å². The van der Waals surface area contributed by atoms with E-state index in [1.807, 2.05) is 48.7 Å². The molecule has 0 bridgehead atoms. The summed E-state index contributed by atoms with van der Waals surface area (Å²) in [6.45, 7) is 8.35. The van der Waals surface area contributed by atoms with Crippen molar-refractivity contribution in [1.29, 1.82) is 0 Å². The molecule has 0 radical (unpaired) electrons. The Morgan fingerprint density at radius 3 is 2.46 bits per heavy atom. The number of piperazine rings is 1. The number of imidazole rings is 1. The molecule has 3 aromatic heterocycles. The van der Waals surface area contributed by atoms with Crippen molar-refractivity contribution in [3.63, 3.8) is 0 Å². The Balaban J connectivity index is 1.47.